The lowest BCUT2D eigenvalue weighted by Gasteiger charge is -2.18. The third-order valence-electron chi connectivity index (χ3n) is 3.47. The van der Waals surface area contributed by atoms with Gasteiger partial charge < -0.3 is 10.1 Å². The molecule has 3 heteroatoms. The predicted molar refractivity (Wildman–Crippen MR) is 68.1 cm³/mol. The number of aromatic nitrogens is 1. The minimum absolute atomic E-state index is 0.0219. The number of fused-ring (bicyclic) bond motifs is 1. The van der Waals surface area contributed by atoms with Crippen LogP contribution in [-0.4, -0.2) is 16.1 Å². The fourth-order valence-corrected chi connectivity index (χ4v) is 2.43. The van der Waals surface area contributed by atoms with Gasteiger partial charge in [0.2, 0.25) is 0 Å². The largest absolute Gasteiger partial charge is 0.481 e. The molecule has 2 aromatic rings. The third kappa shape index (κ3) is 2.05. The number of benzene rings is 1. The molecule has 0 spiro atoms. The number of aromatic amines is 1. The summed E-state index contributed by atoms with van der Waals surface area (Å²) in [5.74, 6) is -1.02. The highest BCUT2D eigenvalue weighted by Crippen LogP contribution is 2.32. The van der Waals surface area contributed by atoms with Crippen LogP contribution in [-0.2, 0) is 4.79 Å². The molecular formula is C14H17NO2. The van der Waals surface area contributed by atoms with Gasteiger partial charge in [0.05, 0.1) is 5.92 Å². The smallest absolute Gasteiger partial charge is 0.307 e. The number of para-hydroxylation sites is 1. The number of hydrogen-bond donors (Lipinski definition) is 2. The molecular weight excluding hydrogens is 214 g/mol. The molecule has 0 aliphatic carbocycles. The van der Waals surface area contributed by atoms with Crippen molar-refractivity contribution in [1.82, 2.24) is 4.98 Å². The molecule has 2 unspecified atom stereocenters. The summed E-state index contributed by atoms with van der Waals surface area (Å²) < 4.78 is 0. The number of aliphatic carboxylic acids is 1. The van der Waals surface area contributed by atoms with E-state index in [9.17, 15) is 9.90 Å². The highest BCUT2D eigenvalue weighted by molar-refractivity contribution is 5.84. The Balaban J connectivity index is 2.42. The van der Waals surface area contributed by atoms with Gasteiger partial charge in [-0.2, -0.15) is 0 Å². The summed E-state index contributed by atoms with van der Waals surface area (Å²) in [7, 11) is 0. The van der Waals surface area contributed by atoms with Crippen molar-refractivity contribution in [3.8, 4) is 0 Å². The molecule has 0 fully saturated rings. The molecule has 0 amide bonds. The second-order valence-electron chi connectivity index (χ2n) is 4.43. The van der Waals surface area contributed by atoms with Crippen molar-refractivity contribution in [2.24, 2.45) is 5.92 Å². The first kappa shape index (κ1) is 11.7. The molecule has 1 aromatic carbocycles. The Kier molecular flexibility index (Phi) is 3.18. The molecule has 1 heterocycles. The minimum Gasteiger partial charge on any atom is -0.481 e. The van der Waals surface area contributed by atoms with Gasteiger partial charge in [-0.15, -0.1) is 0 Å². The zero-order valence-corrected chi connectivity index (χ0v) is 10.1. The Hall–Kier alpha value is -1.77. The van der Waals surface area contributed by atoms with Gasteiger partial charge in [0.1, 0.15) is 0 Å². The zero-order chi connectivity index (χ0) is 12.4. The maximum Gasteiger partial charge on any atom is 0.307 e. The fraction of sp³-hybridized carbons (Fsp3) is 0.357. The molecule has 2 rings (SSSR count). The Bertz CT molecular complexity index is 530. The molecule has 90 valence electrons. The van der Waals surface area contributed by atoms with Crippen LogP contribution in [0.4, 0.5) is 0 Å². The van der Waals surface area contributed by atoms with E-state index < -0.39 is 5.97 Å². The van der Waals surface area contributed by atoms with Gasteiger partial charge in [0.25, 0.3) is 0 Å². The van der Waals surface area contributed by atoms with E-state index in [-0.39, 0.29) is 11.8 Å². The highest BCUT2D eigenvalue weighted by Gasteiger charge is 2.25. The topological polar surface area (TPSA) is 53.1 Å². The van der Waals surface area contributed by atoms with Gasteiger partial charge in [-0.25, -0.2) is 0 Å². The summed E-state index contributed by atoms with van der Waals surface area (Å²) in [5, 5.41) is 10.3. The third-order valence-corrected chi connectivity index (χ3v) is 3.47. The van der Waals surface area contributed by atoms with Gasteiger partial charge in [-0.05, 0) is 24.0 Å². The van der Waals surface area contributed by atoms with Crippen LogP contribution in [0.1, 0.15) is 31.7 Å². The quantitative estimate of drug-likeness (QED) is 0.847. The van der Waals surface area contributed by atoms with Gasteiger partial charge in [-0.3, -0.25) is 4.79 Å². The number of rotatable bonds is 4. The predicted octanol–water partition coefficient (Wildman–Crippen LogP) is 3.38. The zero-order valence-electron chi connectivity index (χ0n) is 10.1. The highest BCUT2D eigenvalue weighted by atomic mass is 16.4. The van der Waals surface area contributed by atoms with Crippen LogP contribution in [0.15, 0.2) is 30.5 Å². The lowest BCUT2D eigenvalue weighted by molar-refractivity contribution is -0.142. The van der Waals surface area contributed by atoms with Crippen LogP contribution in [0.25, 0.3) is 10.9 Å². The van der Waals surface area contributed by atoms with E-state index in [1.165, 1.54) is 0 Å². The second kappa shape index (κ2) is 4.62. The van der Waals surface area contributed by atoms with E-state index in [1.54, 1.807) is 0 Å². The van der Waals surface area contributed by atoms with Crippen LogP contribution >= 0.6 is 0 Å². The molecule has 2 N–H and O–H groups in total. The Morgan fingerprint density at radius 3 is 2.76 bits per heavy atom. The maximum absolute atomic E-state index is 11.2. The standard InChI is InChI=1S/C14H17NO2/c1-3-10(14(16)17)9(2)12-8-15-13-7-5-4-6-11(12)13/h4-10,15H,3H2,1-2H3,(H,16,17). The summed E-state index contributed by atoms with van der Waals surface area (Å²) in [6.45, 7) is 3.90. The Morgan fingerprint density at radius 2 is 2.12 bits per heavy atom. The SMILES string of the molecule is CCC(C(=O)O)C(C)c1c[nH]c2ccccc12. The molecule has 0 saturated heterocycles. The number of H-pyrrole nitrogens is 1. The summed E-state index contributed by atoms with van der Waals surface area (Å²) in [5.41, 5.74) is 2.16. The number of carboxylic acids is 1. The molecule has 0 saturated carbocycles. The van der Waals surface area contributed by atoms with E-state index in [4.69, 9.17) is 0 Å². The first-order chi connectivity index (χ1) is 8.15. The van der Waals surface area contributed by atoms with Crippen molar-refractivity contribution in [3.63, 3.8) is 0 Å². The monoisotopic (exact) mass is 231 g/mol. The van der Waals surface area contributed by atoms with Crippen LogP contribution in [0.5, 0.6) is 0 Å². The summed E-state index contributed by atoms with van der Waals surface area (Å²) >= 11 is 0. The molecule has 0 aliphatic heterocycles. The average Bonchev–Trinajstić information content (AvgIpc) is 2.72. The molecule has 17 heavy (non-hydrogen) atoms. The molecule has 2 atom stereocenters. The fourth-order valence-electron chi connectivity index (χ4n) is 2.43. The molecule has 1 aromatic heterocycles. The summed E-state index contributed by atoms with van der Waals surface area (Å²) in [6.07, 6.45) is 2.58. The van der Waals surface area contributed by atoms with Crippen molar-refractivity contribution < 1.29 is 9.90 Å². The van der Waals surface area contributed by atoms with E-state index >= 15 is 0 Å². The second-order valence-corrected chi connectivity index (χ2v) is 4.43. The molecule has 0 radical (unpaired) electrons. The van der Waals surface area contributed by atoms with Gasteiger partial charge in [0.15, 0.2) is 0 Å². The van der Waals surface area contributed by atoms with E-state index in [1.807, 2.05) is 44.3 Å². The van der Waals surface area contributed by atoms with E-state index in [0.29, 0.717) is 6.42 Å². The van der Waals surface area contributed by atoms with E-state index in [0.717, 1.165) is 16.5 Å². The van der Waals surface area contributed by atoms with Crippen LogP contribution in [0.2, 0.25) is 0 Å². The van der Waals surface area contributed by atoms with Gasteiger partial charge in [-0.1, -0.05) is 32.0 Å². The van der Waals surface area contributed by atoms with Crippen LogP contribution in [0.3, 0.4) is 0 Å². The molecule has 3 nitrogen and oxygen atoms in total. The number of carbonyl (C=O) groups is 1. The van der Waals surface area contributed by atoms with E-state index in [2.05, 4.69) is 4.98 Å². The molecule has 0 aliphatic rings. The summed E-state index contributed by atoms with van der Waals surface area (Å²) in [6, 6.07) is 8.00. The number of nitrogens with one attached hydrogen (secondary N) is 1. The Labute approximate surface area is 100 Å². The first-order valence-corrected chi connectivity index (χ1v) is 5.94. The van der Waals surface area contributed by atoms with Crippen molar-refractivity contribution in [3.05, 3.63) is 36.0 Å². The maximum atomic E-state index is 11.2. The van der Waals surface area contributed by atoms with Crippen molar-refractivity contribution in [2.75, 3.05) is 0 Å². The van der Waals surface area contributed by atoms with Crippen molar-refractivity contribution >= 4 is 16.9 Å². The lowest BCUT2D eigenvalue weighted by atomic mass is 9.86. The number of hydrogen-bond acceptors (Lipinski definition) is 1. The Morgan fingerprint density at radius 1 is 1.41 bits per heavy atom. The van der Waals surface area contributed by atoms with Gasteiger partial charge >= 0.3 is 5.97 Å². The minimum atomic E-state index is -0.717. The molecule has 0 bridgehead atoms. The summed E-state index contributed by atoms with van der Waals surface area (Å²) in [4.78, 5) is 14.4. The average molecular weight is 231 g/mol. The lowest BCUT2D eigenvalue weighted by Crippen LogP contribution is -2.19. The van der Waals surface area contributed by atoms with Gasteiger partial charge in [0, 0.05) is 17.1 Å². The number of carboxylic acid groups (broad SMARTS) is 1. The van der Waals surface area contributed by atoms with Crippen molar-refractivity contribution in [2.45, 2.75) is 26.2 Å². The first-order valence-electron chi connectivity index (χ1n) is 5.94. The normalized spacial score (nSPS) is 14.7. The van der Waals surface area contributed by atoms with Crippen LogP contribution < -0.4 is 0 Å². The van der Waals surface area contributed by atoms with Crippen LogP contribution in [0, 0.1) is 5.92 Å². The van der Waals surface area contributed by atoms with Crippen molar-refractivity contribution in [1.29, 1.82) is 0 Å².